The van der Waals surface area contributed by atoms with Crippen LogP contribution in [0, 0.1) is 6.92 Å². The number of hydrogen-bond donors (Lipinski definition) is 0. The number of aryl methyl sites for hydroxylation is 1. The third-order valence-corrected chi connectivity index (χ3v) is 3.46. The molecule has 0 N–H and O–H groups in total. The molecule has 1 heterocycles. The van der Waals surface area contributed by atoms with Crippen molar-refractivity contribution in [2.75, 3.05) is 5.75 Å². The van der Waals surface area contributed by atoms with Crippen LogP contribution in [0.1, 0.15) is 12.5 Å². The van der Waals surface area contributed by atoms with Gasteiger partial charge in [0.05, 0.1) is 5.69 Å². The van der Waals surface area contributed by atoms with E-state index in [0.717, 1.165) is 27.2 Å². The number of hydrogen-bond acceptors (Lipinski definition) is 3. The van der Waals surface area contributed by atoms with Crippen LogP contribution in [0.2, 0.25) is 5.02 Å². The fraction of sp³-hybridized carbons (Fsp3) is 0.273. The van der Waals surface area contributed by atoms with Gasteiger partial charge in [0.15, 0.2) is 5.16 Å². The highest BCUT2D eigenvalue weighted by molar-refractivity contribution is 7.99. The summed E-state index contributed by atoms with van der Waals surface area (Å²) >= 11 is 7.76. The van der Waals surface area contributed by atoms with Crippen molar-refractivity contribution >= 4 is 23.4 Å². The van der Waals surface area contributed by atoms with Gasteiger partial charge in [0.1, 0.15) is 6.33 Å². The molecule has 0 radical (unpaired) electrons. The Morgan fingerprint density at radius 2 is 2.25 bits per heavy atom. The van der Waals surface area contributed by atoms with Gasteiger partial charge in [-0.05, 0) is 30.4 Å². The lowest BCUT2D eigenvalue weighted by Gasteiger charge is -2.06. The Morgan fingerprint density at radius 1 is 1.44 bits per heavy atom. The number of nitrogens with zero attached hydrogens (tertiary/aromatic N) is 3. The molecule has 0 aliphatic rings. The number of benzene rings is 1. The van der Waals surface area contributed by atoms with Gasteiger partial charge in [0, 0.05) is 5.02 Å². The van der Waals surface area contributed by atoms with Gasteiger partial charge in [-0.1, -0.05) is 36.4 Å². The molecule has 0 bridgehead atoms. The molecule has 1 aromatic carbocycles. The van der Waals surface area contributed by atoms with Crippen molar-refractivity contribution in [2.24, 2.45) is 0 Å². The molecule has 16 heavy (non-hydrogen) atoms. The predicted octanol–water partition coefficient (Wildman–Crippen LogP) is 3.34. The minimum absolute atomic E-state index is 0.763. The van der Waals surface area contributed by atoms with E-state index in [4.69, 9.17) is 11.6 Å². The molecule has 0 saturated carbocycles. The normalized spacial score (nSPS) is 10.7. The maximum Gasteiger partial charge on any atom is 0.195 e. The number of aromatic nitrogens is 3. The minimum atomic E-state index is 0.763. The Bertz CT molecular complexity index is 496. The first-order valence-electron chi connectivity index (χ1n) is 5.01. The highest BCUT2D eigenvalue weighted by Gasteiger charge is 2.07. The molecular weight excluding hydrogens is 242 g/mol. The first-order chi connectivity index (χ1) is 7.72. The zero-order valence-electron chi connectivity index (χ0n) is 9.14. The van der Waals surface area contributed by atoms with Crippen LogP contribution in [-0.2, 0) is 0 Å². The Labute approximate surface area is 104 Å². The minimum Gasteiger partial charge on any atom is -0.277 e. The standard InChI is InChI=1S/C11H12ClN3S/c1-3-16-11-14-13-7-15(11)9-5-4-8(2)10(12)6-9/h4-7H,3H2,1-2H3. The SMILES string of the molecule is CCSc1nncn1-c1ccc(C)c(Cl)c1. The maximum atomic E-state index is 6.10. The largest absolute Gasteiger partial charge is 0.277 e. The van der Waals surface area contributed by atoms with E-state index in [9.17, 15) is 0 Å². The molecule has 0 atom stereocenters. The topological polar surface area (TPSA) is 30.7 Å². The van der Waals surface area contributed by atoms with E-state index in [1.54, 1.807) is 18.1 Å². The zero-order valence-corrected chi connectivity index (χ0v) is 10.7. The van der Waals surface area contributed by atoms with Crippen molar-refractivity contribution in [3.8, 4) is 5.69 Å². The molecular formula is C11H12ClN3S. The van der Waals surface area contributed by atoms with Crippen molar-refractivity contribution < 1.29 is 0 Å². The van der Waals surface area contributed by atoms with Gasteiger partial charge in [-0.3, -0.25) is 4.57 Å². The van der Waals surface area contributed by atoms with E-state index < -0.39 is 0 Å². The lowest BCUT2D eigenvalue weighted by Crippen LogP contribution is -1.95. The van der Waals surface area contributed by atoms with Gasteiger partial charge in [-0.25, -0.2) is 0 Å². The second kappa shape index (κ2) is 4.89. The lowest BCUT2D eigenvalue weighted by atomic mass is 10.2. The van der Waals surface area contributed by atoms with Crippen LogP contribution in [0.3, 0.4) is 0 Å². The molecule has 0 amide bonds. The van der Waals surface area contributed by atoms with Gasteiger partial charge in [-0.15, -0.1) is 10.2 Å². The Hall–Kier alpha value is -1.00. The van der Waals surface area contributed by atoms with E-state index in [0.29, 0.717) is 0 Å². The van der Waals surface area contributed by atoms with Crippen LogP contribution < -0.4 is 0 Å². The van der Waals surface area contributed by atoms with Gasteiger partial charge < -0.3 is 0 Å². The molecule has 3 nitrogen and oxygen atoms in total. The highest BCUT2D eigenvalue weighted by Crippen LogP contribution is 2.23. The smallest absolute Gasteiger partial charge is 0.195 e. The Kier molecular flexibility index (Phi) is 3.51. The van der Waals surface area contributed by atoms with Gasteiger partial charge in [0.25, 0.3) is 0 Å². The van der Waals surface area contributed by atoms with Crippen LogP contribution in [-0.4, -0.2) is 20.5 Å². The average Bonchev–Trinajstić information content (AvgIpc) is 2.71. The molecule has 1 aromatic heterocycles. The van der Waals surface area contributed by atoms with Crippen molar-refractivity contribution in [3.05, 3.63) is 35.1 Å². The van der Waals surface area contributed by atoms with Crippen LogP contribution >= 0.6 is 23.4 Å². The summed E-state index contributed by atoms with van der Waals surface area (Å²) in [6.07, 6.45) is 1.71. The first kappa shape index (κ1) is 11.5. The molecule has 2 aromatic rings. The summed E-state index contributed by atoms with van der Waals surface area (Å²) in [4.78, 5) is 0. The first-order valence-corrected chi connectivity index (χ1v) is 6.38. The summed E-state index contributed by atoms with van der Waals surface area (Å²) < 4.78 is 1.94. The van der Waals surface area contributed by atoms with Gasteiger partial charge in [0.2, 0.25) is 0 Å². The summed E-state index contributed by atoms with van der Waals surface area (Å²) in [5.74, 6) is 0.971. The van der Waals surface area contributed by atoms with Crippen molar-refractivity contribution in [3.63, 3.8) is 0 Å². The van der Waals surface area contributed by atoms with Gasteiger partial charge >= 0.3 is 0 Å². The molecule has 0 aliphatic carbocycles. The van der Waals surface area contributed by atoms with Crippen LogP contribution in [0.4, 0.5) is 0 Å². The summed E-state index contributed by atoms with van der Waals surface area (Å²) in [7, 11) is 0. The molecule has 0 spiro atoms. The van der Waals surface area contributed by atoms with Crippen molar-refractivity contribution in [1.29, 1.82) is 0 Å². The van der Waals surface area contributed by atoms with E-state index in [-0.39, 0.29) is 0 Å². The average molecular weight is 254 g/mol. The molecule has 84 valence electrons. The summed E-state index contributed by atoms with van der Waals surface area (Å²) in [5, 5.41) is 9.64. The zero-order chi connectivity index (χ0) is 11.5. The third-order valence-electron chi connectivity index (χ3n) is 2.22. The van der Waals surface area contributed by atoms with E-state index in [1.165, 1.54) is 0 Å². The fourth-order valence-corrected chi connectivity index (χ4v) is 2.19. The van der Waals surface area contributed by atoms with Crippen molar-refractivity contribution in [2.45, 2.75) is 19.0 Å². The molecule has 0 fully saturated rings. The van der Waals surface area contributed by atoms with E-state index in [2.05, 4.69) is 17.1 Å². The summed E-state index contributed by atoms with van der Waals surface area (Å²) in [6, 6.07) is 5.95. The second-order valence-corrected chi connectivity index (χ2v) is 4.99. The number of halogens is 1. The monoisotopic (exact) mass is 253 g/mol. The molecule has 5 heteroatoms. The maximum absolute atomic E-state index is 6.10. The molecule has 0 unspecified atom stereocenters. The van der Waals surface area contributed by atoms with Crippen LogP contribution in [0.15, 0.2) is 29.7 Å². The number of thioether (sulfide) groups is 1. The lowest BCUT2D eigenvalue weighted by molar-refractivity contribution is 0.884. The van der Waals surface area contributed by atoms with Crippen molar-refractivity contribution in [1.82, 2.24) is 14.8 Å². The van der Waals surface area contributed by atoms with Crippen LogP contribution in [0.5, 0.6) is 0 Å². The number of rotatable bonds is 3. The van der Waals surface area contributed by atoms with Gasteiger partial charge in [-0.2, -0.15) is 0 Å². The summed E-state index contributed by atoms with van der Waals surface area (Å²) in [5.41, 5.74) is 2.07. The molecule has 0 aliphatic heterocycles. The Morgan fingerprint density at radius 3 is 2.94 bits per heavy atom. The highest BCUT2D eigenvalue weighted by atomic mass is 35.5. The molecule has 0 saturated heterocycles. The fourth-order valence-electron chi connectivity index (χ4n) is 1.36. The quantitative estimate of drug-likeness (QED) is 0.786. The molecule has 2 rings (SSSR count). The second-order valence-electron chi connectivity index (χ2n) is 3.35. The van der Waals surface area contributed by atoms with Crippen LogP contribution in [0.25, 0.3) is 5.69 Å². The predicted molar refractivity (Wildman–Crippen MR) is 67.5 cm³/mol. The summed E-state index contributed by atoms with van der Waals surface area (Å²) in [6.45, 7) is 4.08. The Balaban J connectivity index is 2.42. The van der Waals surface area contributed by atoms with E-state index in [1.807, 2.05) is 29.7 Å². The third kappa shape index (κ3) is 2.23. The van der Waals surface area contributed by atoms with E-state index >= 15 is 0 Å².